The third kappa shape index (κ3) is 3.14. The van der Waals surface area contributed by atoms with E-state index in [2.05, 4.69) is 12.6 Å². The van der Waals surface area contributed by atoms with Gasteiger partial charge in [0.2, 0.25) is 16.7 Å². The predicted molar refractivity (Wildman–Crippen MR) is 79.8 cm³/mol. The van der Waals surface area contributed by atoms with Gasteiger partial charge in [-0.2, -0.15) is 0 Å². The number of carbonyl (C=O) groups is 3. The normalized spacial score (nSPS) is 25.8. The van der Waals surface area contributed by atoms with E-state index in [0.29, 0.717) is 13.0 Å². The van der Waals surface area contributed by atoms with Crippen molar-refractivity contribution in [3.05, 3.63) is 0 Å². The molecule has 112 valence electrons. The van der Waals surface area contributed by atoms with Gasteiger partial charge in [-0.15, -0.1) is 12.6 Å². The molecule has 1 aliphatic heterocycles. The molecule has 0 aromatic rings. The lowest BCUT2D eigenvalue weighted by Gasteiger charge is -2.29. The van der Waals surface area contributed by atoms with Crippen molar-refractivity contribution >= 4 is 29.3 Å². The van der Waals surface area contributed by atoms with Crippen molar-refractivity contribution in [3.63, 3.8) is 0 Å². The van der Waals surface area contributed by atoms with Crippen LogP contribution in [0, 0.1) is 5.92 Å². The lowest BCUT2D eigenvalue weighted by atomic mass is 9.93. The predicted octanol–water partition coefficient (Wildman–Crippen LogP) is 2.01. The summed E-state index contributed by atoms with van der Waals surface area (Å²) in [4.78, 5) is 38.2. The van der Waals surface area contributed by atoms with Crippen LogP contribution in [0.2, 0.25) is 0 Å². The van der Waals surface area contributed by atoms with Crippen molar-refractivity contribution in [1.82, 2.24) is 4.90 Å². The van der Waals surface area contributed by atoms with Gasteiger partial charge in [0.25, 0.3) is 0 Å². The summed E-state index contributed by atoms with van der Waals surface area (Å²) in [5.74, 6) is -0.586. The first-order chi connectivity index (χ1) is 9.56. The van der Waals surface area contributed by atoms with Crippen LogP contribution < -0.4 is 0 Å². The molecule has 2 rings (SSSR count). The Labute approximate surface area is 125 Å². The molecule has 4 nitrogen and oxygen atoms in total. The van der Waals surface area contributed by atoms with Crippen molar-refractivity contribution in [3.8, 4) is 0 Å². The van der Waals surface area contributed by atoms with E-state index >= 15 is 0 Å². The van der Waals surface area contributed by atoms with Gasteiger partial charge in [-0.3, -0.25) is 19.3 Å². The minimum atomic E-state index is -0.438. The maximum atomic E-state index is 12.5. The van der Waals surface area contributed by atoms with Crippen LogP contribution in [-0.4, -0.2) is 40.2 Å². The van der Waals surface area contributed by atoms with E-state index in [-0.39, 0.29) is 28.6 Å². The average molecular weight is 297 g/mol. The molecular formula is C15H23NO3S. The van der Waals surface area contributed by atoms with E-state index in [9.17, 15) is 14.4 Å². The second-order valence-corrected chi connectivity index (χ2v) is 6.31. The fourth-order valence-corrected chi connectivity index (χ4v) is 3.83. The van der Waals surface area contributed by atoms with Crippen LogP contribution >= 0.6 is 12.6 Å². The number of rotatable bonds is 6. The van der Waals surface area contributed by atoms with Gasteiger partial charge >= 0.3 is 0 Å². The highest BCUT2D eigenvalue weighted by Crippen LogP contribution is 2.29. The van der Waals surface area contributed by atoms with E-state index in [1.54, 1.807) is 0 Å². The van der Waals surface area contributed by atoms with Gasteiger partial charge in [-0.1, -0.05) is 19.8 Å². The van der Waals surface area contributed by atoms with Crippen molar-refractivity contribution in [2.75, 3.05) is 6.54 Å². The average Bonchev–Trinajstić information content (AvgIpc) is 3.09. The van der Waals surface area contributed by atoms with Gasteiger partial charge in [0.1, 0.15) is 0 Å². The Morgan fingerprint density at radius 2 is 1.80 bits per heavy atom. The maximum Gasteiger partial charge on any atom is 0.215 e. The third-order valence-electron chi connectivity index (χ3n) is 4.64. The summed E-state index contributed by atoms with van der Waals surface area (Å²) >= 11 is 3.92. The van der Waals surface area contributed by atoms with Gasteiger partial charge in [0.15, 0.2) is 0 Å². The highest BCUT2D eigenvalue weighted by Gasteiger charge is 2.40. The fourth-order valence-electron chi connectivity index (χ4n) is 3.55. The number of ketones is 2. The highest BCUT2D eigenvalue weighted by molar-refractivity contribution is 7.96. The Balaban J connectivity index is 2.08. The Hall–Kier alpha value is -0.680. The van der Waals surface area contributed by atoms with Gasteiger partial charge in [-0.05, 0) is 38.6 Å². The zero-order valence-electron chi connectivity index (χ0n) is 12.0. The summed E-state index contributed by atoms with van der Waals surface area (Å²) in [6.45, 7) is 2.61. The molecule has 0 aromatic heterocycles. The van der Waals surface area contributed by atoms with Crippen LogP contribution in [0.4, 0.5) is 0 Å². The van der Waals surface area contributed by atoms with Crippen LogP contribution in [0.1, 0.15) is 51.9 Å². The lowest BCUT2D eigenvalue weighted by molar-refractivity contribution is -0.142. The molecule has 0 spiro atoms. The molecule has 1 saturated heterocycles. The first kappa shape index (κ1) is 15.7. The molecule has 1 heterocycles. The molecule has 0 N–H and O–H groups in total. The fraction of sp³-hybridized carbons (Fsp3) is 0.800. The van der Waals surface area contributed by atoms with E-state index in [1.807, 2.05) is 11.8 Å². The van der Waals surface area contributed by atoms with E-state index < -0.39 is 6.04 Å². The largest absolute Gasteiger partial charge is 0.291 e. The van der Waals surface area contributed by atoms with Gasteiger partial charge in [-0.25, -0.2) is 0 Å². The molecule has 2 aliphatic rings. The zero-order valence-corrected chi connectivity index (χ0v) is 12.9. The first-order valence-corrected chi connectivity index (χ1v) is 8.07. The van der Waals surface area contributed by atoms with Crippen molar-refractivity contribution in [1.29, 1.82) is 0 Å². The van der Waals surface area contributed by atoms with Crippen LogP contribution in [0.25, 0.3) is 0 Å². The monoisotopic (exact) mass is 297 g/mol. The number of hydrogen-bond donors (Lipinski definition) is 1. The van der Waals surface area contributed by atoms with E-state index in [4.69, 9.17) is 0 Å². The quantitative estimate of drug-likeness (QED) is 0.602. The smallest absolute Gasteiger partial charge is 0.215 e. The van der Waals surface area contributed by atoms with E-state index in [0.717, 1.165) is 38.5 Å². The lowest BCUT2D eigenvalue weighted by Crippen LogP contribution is -2.49. The molecule has 1 unspecified atom stereocenters. The minimum Gasteiger partial charge on any atom is -0.291 e. The standard InChI is InChI=1S/C15H23NO3S/c1-2-11(16-9-5-8-12(16)15(19)20)14(18)13(17)10-6-3-4-7-10/h10-12H,2-9H2,1H3,(H,19,20)/t11?,12-/m0/s1. The molecule has 2 atom stereocenters. The molecule has 1 saturated carbocycles. The summed E-state index contributed by atoms with van der Waals surface area (Å²) in [5.41, 5.74) is 0. The zero-order chi connectivity index (χ0) is 14.7. The molecular weight excluding hydrogens is 274 g/mol. The van der Waals surface area contributed by atoms with Crippen LogP contribution in [-0.2, 0) is 14.4 Å². The molecule has 1 aliphatic carbocycles. The number of thiol groups is 1. The number of nitrogens with zero attached hydrogens (tertiary/aromatic N) is 1. The first-order valence-electron chi connectivity index (χ1n) is 7.62. The van der Waals surface area contributed by atoms with Gasteiger partial charge < -0.3 is 0 Å². The number of hydrogen-bond acceptors (Lipinski definition) is 4. The van der Waals surface area contributed by atoms with Crippen molar-refractivity contribution < 1.29 is 14.4 Å². The van der Waals surface area contributed by atoms with Crippen LogP contribution in [0.15, 0.2) is 0 Å². The Bertz CT molecular complexity index is 404. The maximum absolute atomic E-state index is 12.5. The van der Waals surface area contributed by atoms with Crippen LogP contribution in [0.3, 0.4) is 0 Å². The molecule has 0 bridgehead atoms. The number of carbonyl (C=O) groups excluding carboxylic acids is 3. The molecule has 0 radical (unpaired) electrons. The Morgan fingerprint density at radius 1 is 1.15 bits per heavy atom. The SMILES string of the molecule is CCC(C(=O)C(=O)C1CCCC1)N1CCC[C@H]1C(=O)S. The molecule has 2 fully saturated rings. The summed E-state index contributed by atoms with van der Waals surface area (Å²) in [6.07, 6.45) is 5.98. The summed E-state index contributed by atoms with van der Waals surface area (Å²) in [6, 6.07) is -0.740. The summed E-state index contributed by atoms with van der Waals surface area (Å²) < 4.78 is 0. The number of likely N-dealkylation sites (tertiary alicyclic amines) is 1. The highest BCUT2D eigenvalue weighted by atomic mass is 32.1. The second-order valence-electron chi connectivity index (χ2n) is 5.87. The molecule has 5 heteroatoms. The van der Waals surface area contributed by atoms with Crippen molar-refractivity contribution in [2.45, 2.75) is 64.0 Å². The third-order valence-corrected chi connectivity index (χ3v) is 4.94. The summed E-state index contributed by atoms with van der Waals surface area (Å²) in [5, 5.41) is -0.193. The Morgan fingerprint density at radius 3 is 2.35 bits per heavy atom. The minimum absolute atomic E-state index is 0.0793. The molecule has 0 aromatic carbocycles. The van der Waals surface area contributed by atoms with Gasteiger partial charge in [0.05, 0.1) is 12.1 Å². The molecule has 0 amide bonds. The number of Topliss-reactive ketones (excluding diaryl/α,β-unsaturated/α-hetero) is 2. The Kier molecular flexibility index (Phi) is 5.38. The van der Waals surface area contributed by atoms with Crippen LogP contribution in [0.5, 0.6) is 0 Å². The van der Waals surface area contributed by atoms with Crippen molar-refractivity contribution in [2.24, 2.45) is 5.92 Å². The topological polar surface area (TPSA) is 54.5 Å². The van der Waals surface area contributed by atoms with Gasteiger partial charge in [0, 0.05) is 5.92 Å². The summed E-state index contributed by atoms with van der Waals surface area (Å²) in [7, 11) is 0. The van der Waals surface area contributed by atoms with E-state index in [1.165, 1.54) is 0 Å². The second kappa shape index (κ2) is 6.85. The molecule has 20 heavy (non-hydrogen) atoms.